The molecule has 1 rings (SSSR count). The summed E-state index contributed by atoms with van der Waals surface area (Å²) >= 11 is 0. The van der Waals surface area contributed by atoms with Gasteiger partial charge in [0.25, 0.3) is 0 Å². The Morgan fingerprint density at radius 2 is 1.75 bits per heavy atom. The maximum absolute atomic E-state index is 5.64. The molecule has 0 saturated carbocycles. The van der Waals surface area contributed by atoms with Gasteiger partial charge in [0, 0.05) is 5.30 Å². The second kappa shape index (κ2) is 7.78. The van der Waals surface area contributed by atoms with Crippen LogP contribution in [-0.4, -0.2) is 13.2 Å². The number of benzene rings is 1. The minimum absolute atomic E-state index is 0.698. The molecule has 1 aromatic rings. The molecule has 0 fully saturated rings. The van der Waals surface area contributed by atoms with Gasteiger partial charge in [-0.15, -0.1) is 0 Å². The van der Waals surface area contributed by atoms with Crippen LogP contribution in [-0.2, 0) is 15.5 Å². The van der Waals surface area contributed by atoms with E-state index in [0.717, 1.165) is 6.42 Å². The number of hydrogen-bond acceptors (Lipinski definition) is 2. The monoisotopic (exact) mass is 240 g/mol. The highest BCUT2D eigenvalue weighted by atomic mass is 31.2. The standard InChI is InChI=1S/C13H21O2P/c1-4-8-12-9-7-10-13(11-12)16(14-5-2)15-6-3/h7,9-11H,4-6,8H2,1-3H3. The zero-order valence-electron chi connectivity index (χ0n) is 10.4. The van der Waals surface area contributed by atoms with Crippen LogP contribution in [0.15, 0.2) is 24.3 Å². The van der Waals surface area contributed by atoms with Crippen molar-refractivity contribution in [2.24, 2.45) is 0 Å². The van der Waals surface area contributed by atoms with Gasteiger partial charge in [-0.2, -0.15) is 0 Å². The van der Waals surface area contributed by atoms with Gasteiger partial charge < -0.3 is 9.05 Å². The number of rotatable bonds is 7. The summed E-state index contributed by atoms with van der Waals surface area (Å²) in [6, 6.07) is 8.56. The Labute approximate surface area is 99.9 Å². The van der Waals surface area contributed by atoms with E-state index < -0.39 is 8.38 Å². The topological polar surface area (TPSA) is 18.5 Å². The molecule has 0 bridgehead atoms. The molecule has 0 aliphatic carbocycles. The molecule has 0 spiro atoms. The molecule has 0 aliphatic rings. The molecule has 0 amide bonds. The van der Waals surface area contributed by atoms with Gasteiger partial charge in [0.15, 0.2) is 0 Å². The van der Waals surface area contributed by atoms with Crippen LogP contribution in [0.5, 0.6) is 0 Å². The summed E-state index contributed by atoms with van der Waals surface area (Å²) in [5.74, 6) is 0. The fourth-order valence-corrected chi connectivity index (χ4v) is 2.86. The molecule has 0 unspecified atom stereocenters. The van der Waals surface area contributed by atoms with E-state index in [1.807, 2.05) is 13.8 Å². The highest BCUT2D eigenvalue weighted by Crippen LogP contribution is 2.36. The molecule has 0 N–H and O–H groups in total. The van der Waals surface area contributed by atoms with Crippen molar-refractivity contribution < 1.29 is 9.05 Å². The van der Waals surface area contributed by atoms with Crippen molar-refractivity contribution in [3.8, 4) is 0 Å². The minimum atomic E-state index is -0.883. The average molecular weight is 240 g/mol. The zero-order chi connectivity index (χ0) is 11.8. The van der Waals surface area contributed by atoms with E-state index in [1.165, 1.54) is 17.3 Å². The van der Waals surface area contributed by atoms with Gasteiger partial charge in [0.1, 0.15) is 0 Å². The summed E-state index contributed by atoms with van der Waals surface area (Å²) in [7, 11) is -0.883. The Hall–Kier alpha value is -0.430. The van der Waals surface area contributed by atoms with Gasteiger partial charge in [-0.25, -0.2) is 0 Å². The van der Waals surface area contributed by atoms with E-state index in [0.29, 0.717) is 13.2 Å². The third kappa shape index (κ3) is 4.21. The predicted molar refractivity (Wildman–Crippen MR) is 70.2 cm³/mol. The molecule has 1 aromatic carbocycles. The second-order valence-corrected chi connectivity index (χ2v) is 5.06. The van der Waals surface area contributed by atoms with Crippen molar-refractivity contribution in [3.63, 3.8) is 0 Å². The van der Waals surface area contributed by atoms with Gasteiger partial charge >= 0.3 is 0 Å². The van der Waals surface area contributed by atoms with Crippen molar-refractivity contribution >= 4 is 13.7 Å². The Bertz CT molecular complexity index is 296. The quantitative estimate of drug-likeness (QED) is 0.677. The van der Waals surface area contributed by atoms with Crippen molar-refractivity contribution in [3.05, 3.63) is 29.8 Å². The van der Waals surface area contributed by atoms with E-state index in [2.05, 4.69) is 31.2 Å². The largest absolute Gasteiger partial charge is 0.331 e. The number of aryl methyl sites for hydroxylation is 1. The van der Waals surface area contributed by atoms with Crippen molar-refractivity contribution in [1.82, 2.24) is 0 Å². The first-order valence-electron chi connectivity index (χ1n) is 5.96. The summed E-state index contributed by atoms with van der Waals surface area (Å²) in [5.41, 5.74) is 1.37. The van der Waals surface area contributed by atoms with Crippen LogP contribution in [0.4, 0.5) is 0 Å². The molecule has 0 heterocycles. The van der Waals surface area contributed by atoms with Gasteiger partial charge in [-0.3, -0.25) is 0 Å². The summed E-state index contributed by atoms with van der Waals surface area (Å²) < 4.78 is 11.3. The number of hydrogen-bond donors (Lipinski definition) is 0. The first-order chi connectivity index (χ1) is 7.81. The first-order valence-corrected chi connectivity index (χ1v) is 7.14. The highest BCUT2D eigenvalue weighted by molar-refractivity contribution is 7.56. The maximum atomic E-state index is 5.64. The Kier molecular flexibility index (Phi) is 6.63. The van der Waals surface area contributed by atoms with Crippen LogP contribution in [0, 0.1) is 0 Å². The third-order valence-electron chi connectivity index (χ3n) is 2.15. The first kappa shape index (κ1) is 13.6. The van der Waals surface area contributed by atoms with Gasteiger partial charge in [-0.05, 0) is 38.0 Å². The molecule has 0 aliphatic heterocycles. The molecule has 3 heteroatoms. The van der Waals surface area contributed by atoms with Crippen molar-refractivity contribution in [2.75, 3.05) is 13.2 Å². The third-order valence-corrected chi connectivity index (χ3v) is 3.84. The summed E-state index contributed by atoms with van der Waals surface area (Å²) in [4.78, 5) is 0. The van der Waals surface area contributed by atoms with Crippen molar-refractivity contribution in [2.45, 2.75) is 33.6 Å². The van der Waals surface area contributed by atoms with Gasteiger partial charge in [0.2, 0.25) is 8.38 Å². The van der Waals surface area contributed by atoms with Crippen LogP contribution < -0.4 is 5.30 Å². The molecule has 90 valence electrons. The molecule has 0 radical (unpaired) electrons. The molecular formula is C13H21O2P. The van der Waals surface area contributed by atoms with Gasteiger partial charge in [0.05, 0.1) is 13.2 Å². The minimum Gasteiger partial charge on any atom is -0.331 e. The van der Waals surface area contributed by atoms with Crippen LogP contribution in [0.2, 0.25) is 0 Å². The highest BCUT2D eigenvalue weighted by Gasteiger charge is 2.12. The van der Waals surface area contributed by atoms with E-state index in [9.17, 15) is 0 Å². The molecule has 0 atom stereocenters. The molecule has 16 heavy (non-hydrogen) atoms. The van der Waals surface area contributed by atoms with Gasteiger partial charge in [-0.1, -0.05) is 25.5 Å². The van der Waals surface area contributed by atoms with E-state index in [-0.39, 0.29) is 0 Å². The molecule has 0 saturated heterocycles. The van der Waals surface area contributed by atoms with Crippen molar-refractivity contribution in [1.29, 1.82) is 0 Å². The lowest BCUT2D eigenvalue weighted by Crippen LogP contribution is -2.07. The van der Waals surface area contributed by atoms with Crippen LogP contribution in [0.3, 0.4) is 0 Å². The maximum Gasteiger partial charge on any atom is 0.205 e. The Balaban J connectivity index is 2.77. The fourth-order valence-electron chi connectivity index (χ4n) is 1.54. The average Bonchev–Trinajstić information content (AvgIpc) is 2.30. The molecule has 2 nitrogen and oxygen atoms in total. The summed E-state index contributed by atoms with van der Waals surface area (Å²) in [6.45, 7) is 7.60. The lowest BCUT2D eigenvalue weighted by molar-refractivity contribution is 0.277. The molecule has 0 aromatic heterocycles. The SMILES string of the molecule is CCCc1cccc(P(OCC)OCC)c1. The summed E-state index contributed by atoms with van der Waals surface area (Å²) in [5, 5.41) is 1.18. The second-order valence-electron chi connectivity index (χ2n) is 3.51. The molecular weight excluding hydrogens is 219 g/mol. The van der Waals surface area contributed by atoms with Crippen LogP contribution in [0.25, 0.3) is 0 Å². The summed E-state index contributed by atoms with van der Waals surface area (Å²) in [6.07, 6.45) is 2.29. The lowest BCUT2D eigenvalue weighted by Gasteiger charge is -2.16. The van der Waals surface area contributed by atoms with E-state index in [4.69, 9.17) is 9.05 Å². The Morgan fingerprint density at radius 1 is 1.06 bits per heavy atom. The van der Waals surface area contributed by atoms with Crippen LogP contribution in [0.1, 0.15) is 32.8 Å². The predicted octanol–water partition coefficient (Wildman–Crippen LogP) is 3.65. The van der Waals surface area contributed by atoms with Crippen LogP contribution >= 0.6 is 8.38 Å². The Morgan fingerprint density at radius 3 is 2.31 bits per heavy atom. The van der Waals surface area contributed by atoms with E-state index in [1.54, 1.807) is 0 Å². The smallest absolute Gasteiger partial charge is 0.205 e. The zero-order valence-corrected chi connectivity index (χ0v) is 11.3. The lowest BCUT2D eigenvalue weighted by atomic mass is 10.1. The van der Waals surface area contributed by atoms with E-state index >= 15 is 0 Å². The normalized spacial score (nSPS) is 11.0. The fraction of sp³-hybridized carbons (Fsp3) is 0.538.